The molecule has 2 heterocycles. The van der Waals surface area contributed by atoms with Gasteiger partial charge in [0.15, 0.2) is 0 Å². The van der Waals surface area contributed by atoms with Crippen molar-refractivity contribution in [3.8, 4) is 5.75 Å². The van der Waals surface area contributed by atoms with Crippen molar-refractivity contribution in [2.75, 3.05) is 57.6 Å². The number of anilines is 2. The molecule has 3 aromatic carbocycles. The van der Waals surface area contributed by atoms with E-state index in [1.807, 2.05) is 24.0 Å². The van der Waals surface area contributed by atoms with Gasteiger partial charge in [-0.2, -0.15) is 0 Å². The van der Waals surface area contributed by atoms with Crippen molar-refractivity contribution in [3.63, 3.8) is 0 Å². The SMILES string of the molecule is COCc1cc(C(=O)Nc2ccc(C)cc2OCCCCCC(=O)N2CCN(C)CC2)ccc1NC(=O)c1cccc2c1c(CO)cn2C(=O)OC(C)(C)C. The Labute approximate surface area is 322 Å². The van der Waals surface area contributed by atoms with E-state index in [0.29, 0.717) is 57.7 Å². The van der Waals surface area contributed by atoms with Gasteiger partial charge < -0.3 is 39.8 Å². The maximum atomic E-state index is 13.8. The number of methoxy groups -OCH3 is 1. The Kier molecular flexibility index (Phi) is 13.7. The Morgan fingerprint density at radius 1 is 0.855 bits per heavy atom. The first-order chi connectivity index (χ1) is 26.3. The second kappa shape index (κ2) is 18.4. The molecule has 0 aliphatic carbocycles. The van der Waals surface area contributed by atoms with Gasteiger partial charge in [-0.25, -0.2) is 4.79 Å². The number of rotatable bonds is 14. The number of amides is 3. The number of carbonyl (C=O) groups excluding carboxylic acids is 4. The highest BCUT2D eigenvalue weighted by Crippen LogP contribution is 2.30. The zero-order chi connectivity index (χ0) is 39.7. The van der Waals surface area contributed by atoms with Gasteiger partial charge in [-0.3, -0.25) is 19.0 Å². The van der Waals surface area contributed by atoms with Gasteiger partial charge >= 0.3 is 6.09 Å². The van der Waals surface area contributed by atoms with Crippen LogP contribution >= 0.6 is 0 Å². The predicted octanol–water partition coefficient (Wildman–Crippen LogP) is 6.59. The third-order valence-electron chi connectivity index (χ3n) is 9.36. The first-order valence-corrected chi connectivity index (χ1v) is 18.7. The van der Waals surface area contributed by atoms with Gasteiger partial charge in [0.2, 0.25) is 5.91 Å². The number of aliphatic hydroxyl groups excluding tert-OH is 1. The van der Waals surface area contributed by atoms with Gasteiger partial charge in [0, 0.05) is 79.2 Å². The van der Waals surface area contributed by atoms with E-state index in [1.54, 1.807) is 63.2 Å². The summed E-state index contributed by atoms with van der Waals surface area (Å²) in [7, 11) is 3.59. The molecule has 0 unspecified atom stereocenters. The van der Waals surface area contributed by atoms with Gasteiger partial charge in [-0.15, -0.1) is 0 Å². The van der Waals surface area contributed by atoms with E-state index >= 15 is 0 Å². The topological polar surface area (TPSA) is 152 Å². The maximum Gasteiger partial charge on any atom is 0.419 e. The molecule has 4 aromatic rings. The average Bonchev–Trinajstić information content (AvgIpc) is 3.53. The third kappa shape index (κ3) is 10.7. The zero-order valence-electron chi connectivity index (χ0n) is 32.7. The molecule has 0 radical (unpaired) electrons. The fourth-order valence-electron chi connectivity index (χ4n) is 6.46. The quantitative estimate of drug-likeness (QED) is 0.121. The fraction of sp³-hybridized carbons (Fsp3) is 0.429. The fourth-order valence-corrected chi connectivity index (χ4v) is 6.46. The minimum absolute atomic E-state index is 0.109. The Hall–Kier alpha value is -5.24. The first-order valence-electron chi connectivity index (χ1n) is 18.7. The van der Waals surface area contributed by atoms with Crippen LogP contribution in [0, 0.1) is 6.92 Å². The van der Waals surface area contributed by atoms with E-state index in [4.69, 9.17) is 14.2 Å². The summed E-state index contributed by atoms with van der Waals surface area (Å²) >= 11 is 0. The van der Waals surface area contributed by atoms with E-state index in [9.17, 15) is 24.3 Å². The molecule has 5 rings (SSSR count). The van der Waals surface area contributed by atoms with Crippen molar-refractivity contribution in [3.05, 3.63) is 88.6 Å². The normalized spacial score (nSPS) is 13.5. The van der Waals surface area contributed by atoms with Crippen molar-refractivity contribution in [1.82, 2.24) is 14.4 Å². The van der Waals surface area contributed by atoms with Crippen molar-refractivity contribution < 1.29 is 38.5 Å². The second-order valence-electron chi connectivity index (χ2n) is 14.9. The van der Waals surface area contributed by atoms with Crippen molar-refractivity contribution in [2.45, 2.75) is 72.2 Å². The lowest BCUT2D eigenvalue weighted by molar-refractivity contribution is -0.132. The van der Waals surface area contributed by atoms with Crippen LogP contribution < -0.4 is 15.4 Å². The van der Waals surface area contributed by atoms with Crippen molar-refractivity contribution in [2.24, 2.45) is 0 Å². The van der Waals surface area contributed by atoms with Crippen LogP contribution in [0.2, 0.25) is 0 Å². The summed E-state index contributed by atoms with van der Waals surface area (Å²) in [5.74, 6) is -0.0739. The number of benzene rings is 3. The molecule has 0 atom stereocenters. The minimum atomic E-state index is -0.742. The molecule has 3 amide bonds. The van der Waals surface area contributed by atoms with Crippen LogP contribution in [0.15, 0.2) is 60.8 Å². The number of piperazine rings is 1. The molecule has 0 bridgehead atoms. The Bertz CT molecular complexity index is 2010. The van der Waals surface area contributed by atoms with E-state index < -0.39 is 24.2 Å². The second-order valence-corrected chi connectivity index (χ2v) is 14.9. The molecule has 1 aromatic heterocycles. The smallest absolute Gasteiger partial charge is 0.419 e. The van der Waals surface area contributed by atoms with E-state index in [-0.39, 0.29) is 24.0 Å². The summed E-state index contributed by atoms with van der Waals surface area (Å²) in [6.45, 7) is 10.8. The minimum Gasteiger partial charge on any atom is -0.491 e. The summed E-state index contributed by atoms with van der Waals surface area (Å²) in [6, 6.07) is 15.4. The number of carbonyl (C=O) groups is 4. The van der Waals surface area contributed by atoms with Crippen molar-refractivity contribution >= 4 is 46.1 Å². The van der Waals surface area contributed by atoms with Gasteiger partial charge in [0.05, 0.1) is 31.0 Å². The molecule has 55 heavy (non-hydrogen) atoms. The number of unbranched alkanes of at least 4 members (excludes halogenated alkanes) is 2. The van der Waals surface area contributed by atoms with Gasteiger partial charge in [0.1, 0.15) is 11.4 Å². The van der Waals surface area contributed by atoms with E-state index in [1.165, 1.54) is 17.9 Å². The number of aliphatic hydroxyl groups is 1. The number of hydrogen-bond donors (Lipinski definition) is 3. The molecule has 294 valence electrons. The van der Waals surface area contributed by atoms with Crippen LogP contribution in [0.3, 0.4) is 0 Å². The summed E-state index contributed by atoms with van der Waals surface area (Å²) in [5.41, 5.74) is 3.17. The Morgan fingerprint density at radius 3 is 2.29 bits per heavy atom. The molecular formula is C42H53N5O8. The van der Waals surface area contributed by atoms with Gasteiger partial charge in [0.25, 0.3) is 11.8 Å². The van der Waals surface area contributed by atoms with E-state index in [2.05, 4.69) is 22.6 Å². The van der Waals surface area contributed by atoms with Crippen LogP contribution in [0.5, 0.6) is 5.75 Å². The van der Waals surface area contributed by atoms with Crippen LogP contribution in [0.1, 0.15) is 83.9 Å². The highest BCUT2D eigenvalue weighted by molar-refractivity contribution is 6.15. The van der Waals surface area contributed by atoms with Crippen LogP contribution in [0.4, 0.5) is 16.2 Å². The number of fused-ring (bicyclic) bond motifs is 1. The summed E-state index contributed by atoms with van der Waals surface area (Å²) < 4.78 is 18.4. The molecule has 13 heteroatoms. The first kappa shape index (κ1) is 40.9. The molecule has 1 saturated heterocycles. The highest BCUT2D eigenvalue weighted by Gasteiger charge is 2.24. The predicted molar refractivity (Wildman–Crippen MR) is 212 cm³/mol. The van der Waals surface area contributed by atoms with Crippen LogP contribution in [0.25, 0.3) is 10.9 Å². The van der Waals surface area contributed by atoms with Crippen molar-refractivity contribution in [1.29, 1.82) is 0 Å². The standard InChI is InChI=1S/C42H53N5O8/c1-28-14-16-34(36(23-28)54-22-9-7-8-13-37(49)46-20-18-45(5)19-21-46)44-39(50)29-15-17-33(30(24-29)27-53-6)43-40(51)32-11-10-12-35-38(32)31(26-48)25-47(35)41(52)55-42(2,3)4/h10-12,14-17,23-25,48H,7-9,13,18-22,26-27H2,1-6H3,(H,43,51)(H,44,50). The molecule has 0 saturated carbocycles. The molecule has 0 spiro atoms. The van der Waals surface area contributed by atoms with Crippen LogP contribution in [-0.4, -0.2) is 95.8 Å². The number of ether oxygens (including phenoxy) is 3. The number of nitrogens with one attached hydrogen (secondary N) is 2. The number of likely N-dealkylation sites (N-methyl/N-ethyl adjacent to an activating group) is 1. The van der Waals surface area contributed by atoms with Gasteiger partial charge in [-0.05, 0) is 102 Å². The largest absolute Gasteiger partial charge is 0.491 e. The van der Waals surface area contributed by atoms with Crippen LogP contribution in [-0.2, 0) is 27.5 Å². The highest BCUT2D eigenvalue weighted by atomic mass is 16.6. The number of nitrogens with zero attached hydrogens (tertiary/aromatic N) is 3. The summed E-state index contributed by atoms with van der Waals surface area (Å²) in [5, 5.41) is 16.5. The monoisotopic (exact) mass is 755 g/mol. The molecular weight excluding hydrogens is 702 g/mol. The lowest BCUT2D eigenvalue weighted by atomic mass is 10.0. The molecule has 13 nitrogen and oxygen atoms in total. The molecule has 1 fully saturated rings. The molecule has 1 aliphatic rings. The molecule has 3 N–H and O–H groups in total. The Morgan fingerprint density at radius 2 is 1.58 bits per heavy atom. The summed E-state index contributed by atoms with van der Waals surface area (Å²) in [6.07, 6.45) is 3.81. The lowest BCUT2D eigenvalue weighted by Crippen LogP contribution is -2.47. The Balaban J connectivity index is 1.23. The maximum absolute atomic E-state index is 13.8. The van der Waals surface area contributed by atoms with E-state index in [0.717, 1.165) is 51.0 Å². The number of hydrogen-bond acceptors (Lipinski definition) is 9. The van der Waals surface area contributed by atoms with Gasteiger partial charge in [-0.1, -0.05) is 12.1 Å². The number of aryl methyl sites for hydroxylation is 1. The number of aromatic nitrogens is 1. The lowest BCUT2D eigenvalue weighted by Gasteiger charge is -2.32. The average molecular weight is 756 g/mol. The molecule has 1 aliphatic heterocycles. The third-order valence-corrected chi connectivity index (χ3v) is 9.36. The summed E-state index contributed by atoms with van der Waals surface area (Å²) in [4.78, 5) is 57.0. The zero-order valence-corrected chi connectivity index (χ0v) is 32.7.